The van der Waals surface area contributed by atoms with E-state index in [1.54, 1.807) is 36.4 Å². The Balaban J connectivity index is 2.68. The van der Waals surface area contributed by atoms with Gasteiger partial charge in [0.25, 0.3) is 0 Å². The zero-order valence-electron chi connectivity index (χ0n) is 15.2. The fraction of sp³-hybridized carbons (Fsp3) is 0.400. The highest BCUT2D eigenvalue weighted by Crippen LogP contribution is 2.37. The second-order valence-electron chi connectivity index (χ2n) is 8.13. The first-order valence-corrected chi connectivity index (χ1v) is 9.15. The van der Waals surface area contributed by atoms with Gasteiger partial charge in [0.05, 0.1) is 10.8 Å². The van der Waals surface area contributed by atoms with E-state index in [0.717, 1.165) is 11.1 Å². The standard InChI is InChI=1S/C20H26O3S/c1-19(2,3)15-11-13(21)7-9-17(15)24(23)18-10-8-14(22)12-16(18)20(4,5)6/h7-12,21-22H,1-6H3. The first-order valence-electron chi connectivity index (χ1n) is 8.00. The van der Waals surface area contributed by atoms with Crippen LogP contribution in [0.1, 0.15) is 52.7 Å². The van der Waals surface area contributed by atoms with Crippen molar-refractivity contribution in [2.75, 3.05) is 0 Å². The fourth-order valence-electron chi connectivity index (χ4n) is 2.65. The normalized spacial score (nSPS) is 12.6. The van der Waals surface area contributed by atoms with Crippen molar-refractivity contribution < 1.29 is 14.4 Å². The summed E-state index contributed by atoms with van der Waals surface area (Å²) < 4.78 is 13.4. The molecule has 0 aliphatic carbocycles. The molecule has 0 radical (unpaired) electrons. The van der Waals surface area contributed by atoms with Crippen molar-refractivity contribution in [2.45, 2.75) is 62.2 Å². The van der Waals surface area contributed by atoms with Crippen molar-refractivity contribution >= 4 is 10.8 Å². The van der Waals surface area contributed by atoms with Crippen LogP contribution in [0.25, 0.3) is 0 Å². The van der Waals surface area contributed by atoms with Crippen molar-refractivity contribution in [3.8, 4) is 11.5 Å². The number of phenols is 2. The number of benzene rings is 2. The lowest BCUT2D eigenvalue weighted by Crippen LogP contribution is -2.18. The van der Waals surface area contributed by atoms with Crippen LogP contribution in [0.5, 0.6) is 11.5 Å². The van der Waals surface area contributed by atoms with E-state index in [9.17, 15) is 14.4 Å². The van der Waals surface area contributed by atoms with E-state index in [2.05, 4.69) is 0 Å². The predicted molar refractivity (Wildman–Crippen MR) is 98.3 cm³/mol. The van der Waals surface area contributed by atoms with Gasteiger partial charge < -0.3 is 10.2 Å². The fourth-order valence-corrected chi connectivity index (χ4v) is 4.40. The van der Waals surface area contributed by atoms with Crippen molar-refractivity contribution in [3.05, 3.63) is 47.5 Å². The molecular weight excluding hydrogens is 320 g/mol. The van der Waals surface area contributed by atoms with Gasteiger partial charge in [0.1, 0.15) is 11.5 Å². The van der Waals surface area contributed by atoms with Crippen LogP contribution in [-0.4, -0.2) is 14.4 Å². The van der Waals surface area contributed by atoms with Crippen LogP contribution in [0, 0.1) is 0 Å². The van der Waals surface area contributed by atoms with E-state index in [1.165, 1.54) is 0 Å². The van der Waals surface area contributed by atoms with Gasteiger partial charge in [0, 0.05) is 9.79 Å². The Hall–Kier alpha value is -1.81. The molecule has 4 heteroatoms. The lowest BCUT2D eigenvalue weighted by Gasteiger charge is -2.26. The number of aromatic hydroxyl groups is 2. The summed E-state index contributed by atoms with van der Waals surface area (Å²) in [6, 6.07) is 9.96. The molecule has 24 heavy (non-hydrogen) atoms. The van der Waals surface area contributed by atoms with Crippen LogP contribution in [0.3, 0.4) is 0 Å². The summed E-state index contributed by atoms with van der Waals surface area (Å²) in [5.74, 6) is 0.338. The number of hydrogen-bond acceptors (Lipinski definition) is 3. The summed E-state index contributed by atoms with van der Waals surface area (Å²) in [5.41, 5.74) is 1.22. The Bertz CT molecular complexity index is 715. The topological polar surface area (TPSA) is 57.5 Å². The maximum Gasteiger partial charge on any atom is 0.115 e. The first kappa shape index (κ1) is 18.5. The highest BCUT2D eigenvalue weighted by molar-refractivity contribution is 7.85. The van der Waals surface area contributed by atoms with Gasteiger partial charge in [-0.15, -0.1) is 0 Å². The largest absolute Gasteiger partial charge is 0.508 e. The predicted octanol–water partition coefficient (Wildman–Crippen LogP) is 4.86. The first-order chi connectivity index (χ1) is 10.9. The Morgan fingerprint density at radius 2 is 1.04 bits per heavy atom. The van der Waals surface area contributed by atoms with Crippen LogP contribution < -0.4 is 0 Å². The molecular formula is C20H26O3S. The molecule has 0 saturated heterocycles. The van der Waals surface area contributed by atoms with E-state index >= 15 is 0 Å². The molecule has 0 aliphatic rings. The smallest absolute Gasteiger partial charge is 0.115 e. The highest BCUT2D eigenvalue weighted by atomic mass is 32.2. The third kappa shape index (κ3) is 3.81. The SMILES string of the molecule is CC(C)(C)c1cc(O)ccc1S(=O)c1ccc(O)cc1C(C)(C)C. The molecule has 0 atom stereocenters. The molecule has 0 unspecified atom stereocenters. The van der Waals surface area contributed by atoms with E-state index in [-0.39, 0.29) is 22.3 Å². The minimum absolute atomic E-state index is 0.169. The molecule has 0 aromatic heterocycles. The van der Waals surface area contributed by atoms with Crippen LogP contribution in [0.4, 0.5) is 0 Å². The molecule has 0 fully saturated rings. The quantitative estimate of drug-likeness (QED) is 0.816. The minimum Gasteiger partial charge on any atom is -0.508 e. The zero-order chi connectivity index (χ0) is 18.3. The number of hydrogen-bond donors (Lipinski definition) is 2. The van der Waals surface area contributed by atoms with Gasteiger partial charge >= 0.3 is 0 Å². The second-order valence-corrected chi connectivity index (χ2v) is 9.55. The zero-order valence-corrected chi connectivity index (χ0v) is 16.0. The molecule has 130 valence electrons. The number of rotatable bonds is 2. The van der Waals surface area contributed by atoms with Crippen molar-refractivity contribution in [1.29, 1.82) is 0 Å². The summed E-state index contributed by atoms with van der Waals surface area (Å²) in [6.45, 7) is 12.2. The Labute approximate surface area is 146 Å². The highest BCUT2D eigenvalue weighted by Gasteiger charge is 2.26. The summed E-state index contributed by atoms with van der Waals surface area (Å²) in [6.07, 6.45) is 0. The molecule has 0 aliphatic heterocycles. The van der Waals surface area contributed by atoms with Gasteiger partial charge in [-0.05, 0) is 58.4 Å². The average molecular weight is 346 g/mol. The molecule has 2 rings (SSSR count). The van der Waals surface area contributed by atoms with Gasteiger partial charge in [0.2, 0.25) is 0 Å². The van der Waals surface area contributed by atoms with E-state index < -0.39 is 10.8 Å². The lowest BCUT2D eigenvalue weighted by molar-refractivity contribution is 0.469. The third-order valence-corrected chi connectivity index (χ3v) is 5.45. The Morgan fingerprint density at radius 1 is 0.708 bits per heavy atom. The van der Waals surface area contributed by atoms with Crippen LogP contribution in [-0.2, 0) is 21.6 Å². The van der Waals surface area contributed by atoms with Crippen LogP contribution in [0.15, 0.2) is 46.2 Å². The minimum atomic E-state index is -1.40. The average Bonchev–Trinajstić information content (AvgIpc) is 2.44. The van der Waals surface area contributed by atoms with Gasteiger partial charge in [-0.1, -0.05) is 41.5 Å². The van der Waals surface area contributed by atoms with Crippen molar-refractivity contribution in [3.63, 3.8) is 0 Å². The molecule has 0 spiro atoms. The molecule has 0 bridgehead atoms. The maximum absolute atomic E-state index is 13.4. The van der Waals surface area contributed by atoms with Gasteiger partial charge in [-0.3, -0.25) is 0 Å². The molecule has 3 nitrogen and oxygen atoms in total. The third-order valence-electron chi connectivity index (χ3n) is 3.94. The van der Waals surface area contributed by atoms with E-state index in [1.807, 2.05) is 41.5 Å². The van der Waals surface area contributed by atoms with Crippen LogP contribution >= 0.6 is 0 Å². The lowest BCUT2D eigenvalue weighted by atomic mass is 9.87. The molecule has 0 amide bonds. The van der Waals surface area contributed by atoms with Gasteiger partial charge in [-0.25, -0.2) is 4.21 Å². The molecule has 0 saturated carbocycles. The Kier molecular flexibility index (Phi) is 4.82. The molecule has 2 aromatic rings. The Morgan fingerprint density at radius 3 is 1.33 bits per heavy atom. The number of phenolic OH excluding ortho intramolecular Hbond substituents is 2. The van der Waals surface area contributed by atoms with Gasteiger partial charge in [-0.2, -0.15) is 0 Å². The maximum atomic E-state index is 13.4. The second kappa shape index (κ2) is 6.25. The molecule has 2 aromatic carbocycles. The summed E-state index contributed by atoms with van der Waals surface area (Å²) in [5, 5.41) is 19.7. The summed E-state index contributed by atoms with van der Waals surface area (Å²) in [4.78, 5) is 1.38. The van der Waals surface area contributed by atoms with E-state index in [4.69, 9.17) is 0 Å². The monoisotopic (exact) mass is 346 g/mol. The van der Waals surface area contributed by atoms with E-state index in [0.29, 0.717) is 9.79 Å². The molecule has 0 heterocycles. The van der Waals surface area contributed by atoms with Crippen molar-refractivity contribution in [1.82, 2.24) is 0 Å². The van der Waals surface area contributed by atoms with Gasteiger partial charge in [0.15, 0.2) is 0 Å². The van der Waals surface area contributed by atoms with Crippen molar-refractivity contribution in [2.24, 2.45) is 0 Å². The summed E-state index contributed by atoms with van der Waals surface area (Å²) in [7, 11) is -1.40. The molecule has 2 N–H and O–H groups in total. The summed E-state index contributed by atoms with van der Waals surface area (Å²) >= 11 is 0. The van der Waals surface area contributed by atoms with Crippen LogP contribution in [0.2, 0.25) is 0 Å².